The second kappa shape index (κ2) is 49.0. The van der Waals surface area contributed by atoms with E-state index >= 15 is 0 Å². The molecule has 0 aliphatic rings. The number of esters is 2. The van der Waals surface area contributed by atoms with Crippen molar-refractivity contribution in [2.24, 2.45) is 0 Å². The molecule has 0 radical (unpaired) electrons. The lowest BCUT2D eigenvalue weighted by atomic mass is 10.0. The lowest BCUT2D eigenvalue weighted by Crippen LogP contribution is -2.50. The molecule has 2 atom stereocenters. The fourth-order valence-corrected chi connectivity index (χ4v) is 8.52. The number of unbranched alkanes of at least 4 members (excludes halogenated alkanes) is 31. The van der Waals surface area contributed by atoms with Gasteiger partial charge in [0.15, 0.2) is 12.1 Å². The van der Waals surface area contributed by atoms with Gasteiger partial charge >= 0.3 is 17.9 Å². The Bertz CT molecular complexity index is 1170. The van der Waals surface area contributed by atoms with E-state index in [4.69, 9.17) is 14.2 Å². The largest absolute Gasteiger partial charge is 0.477 e. The maximum Gasteiger partial charge on any atom is 0.362 e. The van der Waals surface area contributed by atoms with Gasteiger partial charge < -0.3 is 23.8 Å². The van der Waals surface area contributed by atoms with Crippen LogP contribution in [-0.2, 0) is 28.6 Å². The van der Waals surface area contributed by atoms with Crippen LogP contribution in [0.4, 0.5) is 0 Å². The number of hydrogen-bond acceptors (Lipinski definition) is 6. The highest BCUT2D eigenvalue weighted by Crippen LogP contribution is 2.17. The van der Waals surface area contributed by atoms with Gasteiger partial charge in [-0.15, -0.1) is 0 Å². The summed E-state index contributed by atoms with van der Waals surface area (Å²) in [6.45, 7) is 4.68. The molecule has 0 spiro atoms. The van der Waals surface area contributed by atoms with Crippen LogP contribution in [0.5, 0.6) is 0 Å². The van der Waals surface area contributed by atoms with E-state index in [-0.39, 0.29) is 36.2 Å². The molecule has 0 saturated heterocycles. The van der Waals surface area contributed by atoms with Crippen LogP contribution in [0.1, 0.15) is 264 Å². The van der Waals surface area contributed by atoms with Gasteiger partial charge in [0, 0.05) is 19.3 Å². The number of carbonyl (C=O) groups is 3. The second-order valence-corrected chi connectivity index (χ2v) is 20.2. The van der Waals surface area contributed by atoms with E-state index in [2.05, 4.69) is 50.3 Å². The minimum absolute atomic E-state index is 0.0476. The van der Waals surface area contributed by atoms with Gasteiger partial charge in [0.05, 0.1) is 34.4 Å². The molecule has 0 aliphatic heterocycles. The van der Waals surface area contributed by atoms with Crippen LogP contribution in [0.2, 0.25) is 0 Å². The van der Waals surface area contributed by atoms with Crippen molar-refractivity contribution in [2.75, 3.05) is 41.0 Å². The number of carboxylic acid groups (broad SMARTS) is 1. The molecular formula is C58H108NO7+. The molecule has 8 nitrogen and oxygen atoms in total. The van der Waals surface area contributed by atoms with Crippen LogP contribution < -0.4 is 0 Å². The molecule has 1 N–H and O–H groups in total. The summed E-state index contributed by atoms with van der Waals surface area (Å²) in [4.78, 5) is 37.3. The predicted octanol–water partition coefficient (Wildman–Crippen LogP) is 16.5. The molecule has 0 bridgehead atoms. The zero-order valence-electron chi connectivity index (χ0n) is 44.2. The molecule has 0 saturated carbocycles. The fraction of sp³-hybridized carbons (Fsp3) is 0.845. The van der Waals surface area contributed by atoms with E-state index in [1.54, 1.807) is 0 Å². The van der Waals surface area contributed by atoms with Crippen molar-refractivity contribution >= 4 is 17.9 Å². The minimum Gasteiger partial charge on any atom is -0.477 e. The van der Waals surface area contributed by atoms with Crippen molar-refractivity contribution in [2.45, 2.75) is 276 Å². The Morgan fingerprint density at radius 2 is 0.848 bits per heavy atom. The molecule has 0 rings (SSSR count). The topological polar surface area (TPSA) is 99.1 Å². The highest BCUT2D eigenvalue weighted by atomic mass is 16.6. The highest BCUT2D eigenvalue weighted by molar-refractivity contribution is 5.72. The van der Waals surface area contributed by atoms with Crippen LogP contribution in [0, 0.1) is 0 Å². The number of likely N-dealkylation sites (N-methyl/N-ethyl adjacent to an activating group) is 1. The van der Waals surface area contributed by atoms with Crippen molar-refractivity contribution in [1.82, 2.24) is 0 Å². The molecule has 0 aromatic rings. The zero-order chi connectivity index (χ0) is 48.4. The summed E-state index contributed by atoms with van der Waals surface area (Å²) in [6, 6.07) is -0.614. The number of carbonyl (C=O) groups excluding carboxylic acids is 2. The molecule has 0 aromatic carbocycles. The molecular weight excluding hydrogens is 823 g/mol. The summed E-state index contributed by atoms with van der Waals surface area (Å²) in [6.07, 6.45) is 59.2. The van der Waals surface area contributed by atoms with Crippen molar-refractivity contribution < 1.29 is 38.2 Å². The van der Waals surface area contributed by atoms with Crippen LogP contribution in [-0.4, -0.2) is 80.6 Å². The van der Waals surface area contributed by atoms with E-state index in [1.165, 1.54) is 173 Å². The van der Waals surface area contributed by atoms with Gasteiger partial charge in [0.25, 0.3) is 0 Å². The molecule has 8 heteroatoms. The first-order valence-corrected chi connectivity index (χ1v) is 28.0. The van der Waals surface area contributed by atoms with Gasteiger partial charge in [-0.2, -0.15) is 0 Å². The van der Waals surface area contributed by atoms with Gasteiger partial charge in [-0.1, -0.05) is 237 Å². The summed E-state index contributed by atoms with van der Waals surface area (Å²) in [5.41, 5.74) is 0. The van der Waals surface area contributed by atoms with E-state index in [1.807, 2.05) is 21.1 Å². The minimum atomic E-state index is -0.872. The van der Waals surface area contributed by atoms with E-state index in [0.29, 0.717) is 19.3 Å². The number of rotatable bonds is 51. The summed E-state index contributed by atoms with van der Waals surface area (Å²) < 4.78 is 17.4. The summed E-state index contributed by atoms with van der Waals surface area (Å²) >= 11 is 0. The maximum absolute atomic E-state index is 12.8. The lowest BCUT2D eigenvalue weighted by Gasteiger charge is -2.31. The van der Waals surface area contributed by atoms with Gasteiger partial charge in [-0.3, -0.25) is 9.59 Å². The molecule has 0 aliphatic carbocycles. The number of nitrogens with zero attached hydrogens (tertiary/aromatic N) is 1. The standard InChI is InChI=1S/C58H107NO7/c1-6-8-10-12-14-16-18-20-22-24-26-28-30-32-34-36-38-40-42-44-46-48-56(60)65-53-54(52-64-51-50-55(58(62)63)59(3,4)5)66-57(61)49-47-45-43-41-39-37-35-33-31-29-27-25-23-21-19-17-15-13-11-9-7-2/h9,11,15,17,21,23,54-55H,6-8,10,12-14,16,18-20,22,24-53H2,1-5H3/p+1/b11-9+,17-15+,23-21+. The van der Waals surface area contributed by atoms with Gasteiger partial charge in [0.1, 0.15) is 6.61 Å². The number of allylic oxidation sites excluding steroid dienone is 6. The second-order valence-electron chi connectivity index (χ2n) is 20.2. The summed E-state index contributed by atoms with van der Waals surface area (Å²) in [5, 5.41) is 9.67. The zero-order valence-corrected chi connectivity index (χ0v) is 44.2. The van der Waals surface area contributed by atoms with Crippen LogP contribution in [0.3, 0.4) is 0 Å². The van der Waals surface area contributed by atoms with Crippen molar-refractivity contribution in [1.29, 1.82) is 0 Å². The van der Waals surface area contributed by atoms with Gasteiger partial charge in [-0.25, -0.2) is 4.79 Å². The Morgan fingerprint density at radius 3 is 1.26 bits per heavy atom. The maximum atomic E-state index is 12.8. The number of quaternary nitrogens is 1. The summed E-state index contributed by atoms with van der Waals surface area (Å²) in [5.74, 6) is -1.45. The normalized spacial score (nSPS) is 13.0. The van der Waals surface area contributed by atoms with Crippen molar-refractivity contribution in [3.8, 4) is 0 Å². The molecule has 66 heavy (non-hydrogen) atoms. The van der Waals surface area contributed by atoms with Gasteiger partial charge in [-0.05, 0) is 44.9 Å². The average molecular weight is 932 g/mol. The SMILES string of the molecule is CC/C=C/C/C=C/C/C=C/CCCCCCCCCCCCCC(=O)OC(COCCC(C(=O)O)[N+](C)(C)C)COC(=O)CCCCCCCCCCCCCCCCCCCCCCC. The van der Waals surface area contributed by atoms with Crippen molar-refractivity contribution in [3.05, 3.63) is 36.5 Å². The Kier molecular flexibility index (Phi) is 47.2. The Labute approximate surface area is 408 Å². The molecule has 0 heterocycles. The smallest absolute Gasteiger partial charge is 0.362 e. The molecule has 0 aromatic heterocycles. The third-order valence-electron chi connectivity index (χ3n) is 12.8. The molecule has 0 fully saturated rings. The molecule has 386 valence electrons. The van der Waals surface area contributed by atoms with Crippen LogP contribution in [0.25, 0.3) is 0 Å². The highest BCUT2D eigenvalue weighted by Gasteiger charge is 2.31. The van der Waals surface area contributed by atoms with Crippen LogP contribution >= 0.6 is 0 Å². The van der Waals surface area contributed by atoms with Crippen LogP contribution in [0.15, 0.2) is 36.5 Å². The summed E-state index contributed by atoms with van der Waals surface area (Å²) in [7, 11) is 5.55. The molecule has 2 unspecified atom stereocenters. The lowest BCUT2D eigenvalue weighted by molar-refractivity contribution is -0.887. The number of ether oxygens (including phenoxy) is 3. The predicted molar refractivity (Wildman–Crippen MR) is 280 cm³/mol. The number of aliphatic carboxylic acids is 1. The van der Waals surface area contributed by atoms with Crippen molar-refractivity contribution in [3.63, 3.8) is 0 Å². The average Bonchev–Trinajstić information content (AvgIpc) is 3.28. The Morgan fingerprint density at radius 1 is 0.470 bits per heavy atom. The number of hydrogen-bond donors (Lipinski definition) is 1. The first-order valence-electron chi connectivity index (χ1n) is 28.0. The first kappa shape index (κ1) is 63.5. The van der Waals surface area contributed by atoms with E-state index < -0.39 is 18.1 Å². The quantitative estimate of drug-likeness (QED) is 0.0281. The first-order chi connectivity index (χ1) is 32.1. The van der Waals surface area contributed by atoms with Gasteiger partial charge in [0.2, 0.25) is 0 Å². The third kappa shape index (κ3) is 46.7. The Balaban J connectivity index is 4.15. The fourth-order valence-electron chi connectivity index (χ4n) is 8.52. The van der Waals surface area contributed by atoms with E-state index in [0.717, 1.165) is 57.8 Å². The Hall–Kier alpha value is -2.45. The number of carboxylic acids is 1. The third-order valence-corrected chi connectivity index (χ3v) is 12.8. The van der Waals surface area contributed by atoms with E-state index in [9.17, 15) is 19.5 Å². The monoisotopic (exact) mass is 931 g/mol. The molecule has 0 amide bonds.